The number of aromatic nitrogens is 2. The minimum atomic E-state index is -0.476. The van der Waals surface area contributed by atoms with Crippen LogP contribution < -0.4 is 25.2 Å². The van der Waals surface area contributed by atoms with Gasteiger partial charge >= 0.3 is 0 Å². The van der Waals surface area contributed by atoms with E-state index in [0.29, 0.717) is 23.1 Å². The lowest BCUT2D eigenvalue weighted by Gasteiger charge is -2.28. The Balaban J connectivity index is 1.51. The molecule has 1 aromatic carbocycles. The summed E-state index contributed by atoms with van der Waals surface area (Å²) in [6, 6.07) is 7.91. The van der Waals surface area contributed by atoms with E-state index in [9.17, 15) is 4.79 Å². The second kappa shape index (κ2) is 12.0. The first-order valence-corrected chi connectivity index (χ1v) is 14.9. The Morgan fingerprint density at radius 3 is 2.70 bits per heavy atom. The van der Waals surface area contributed by atoms with Crippen LogP contribution in [-0.4, -0.2) is 68.7 Å². The summed E-state index contributed by atoms with van der Waals surface area (Å²) in [6.45, 7) is 6.84. The van der Waals surface area contributed by atoms with Crippen molar-refractivity contribution in [3.05, 3.63) is 57.1 Å². The molecule has 4 heterocycles. The van der Waals surface area contributed by atoms with Gasteiger partial charge in [-0.2, -0.15) is 4.98 Å². The fraction of sp³-hybridized carbons (Fsp3) is 0.321. The van der Waals surface area contributed by atoms with Gasteiger partial charge in [0.15, 0.2) is 5.82 Å². The molecule has 9 nitrogen and oxygen atoms in total. The van der Waals surface area contributed by atoms with Crippen molar-refractivity contribution in [1.82, 2.24) is 14.9 Å². The van der Waals surface area contributed by atoms with Gasteiger partial charge in [0.25, 0.3) is 5.91 Å². The van der Waals surface area contributed by atoms with Gasteiger partial charge in [-0.25, -0.2) is 4.98 Å². The van der Waals surface area contributed by atoms with Crippen LogP contribution in [0.3, 0.4) is 0 Å². The molecule has 12 heteroatoms. The van der Waals surface area contributed by atoms with E-state index in [1.807, 2.05) is 56.1 Å². The summed E-state index contributed by atoms with van der Waals surface area (Å²) in [7, 11) is 7.62. The molecule has 4 aromatic rings. The number of thiophene rings is 2. The standard InChI is InChI=1S/C28H32ClN7O2S2/c1-17(29)27(37)30-20-14-21(23(38-5)15-22(20)35(4)11-10-34(2)3)32-28-31-19-8-13-40-25(19)26(33-28)36-9-6-24-18(16-36)7-12-39-24/h7-8,12-15H,1,6,9-11,16H2,2-5H3,(H,30,37)(H,31,32,33). The number of hydrogen-bond acceptors (Lipinski definition) is 10. The van der Waals surface area contributed by atoms with Crippen molar-refractivity contribution in [2.24, 2.45) is 0 Å². The highest BCUT2D eigenvalue weighted by molar-refractivity contribution is 7.17. The molecule has 1 amide bonds. The smallest absolute Gasteiger partial charge is 0.266 e. The fourth-order valence-corrected chi connectivity index (χ4v) is 6.36. The molecule has 1 aliphatic rings. The van der Waals surface area contributed by atoms with Gasteiger partial charge in [-0.05, 0) is 55.0 Å². The van der Waals surface area contributed by atoms with Crippen molar-refractivity contribution in [3.8, 4) is 5.75 Å². The molecule has 40 heavy (non-hydrogen) atoms. The molecule has 0 unspecified atom stereocenters. The lowest BCUT2D eigenvalue weighted by Crippen LogP contribution is -2.30. The maximum absolute atomic E-state index is 12.5. The Hall–Kier alpha value is -3.38. The van der Waals surface area contributed by atoms with E-state index in [0.717, 1.165) is 54.3 Å². The molecule has 3 aromatic heterocycles. The fourth-order valence-electron chi connectivity index (χ4n) is 4.58. The van der Waals surface area contributed by atoms with Crippen molar-refractivity contribution in [1.29, 1.82) is 0 Å². The normalized spacial score (nSPS) is 12.9. The summed E-state index contributed by atoms with van der Waals surface area (Å²) in [6.07, 6.45) is 0.998. The number of methoxy groups -OCH3 is 1. The second-order valence-electron chi connectivity index (χ2n) is 9.82. The average Bonchev–Trinajstić information content (AvgIpc) is 3.60. The third-order valence-corrected chi connectivity index (χ3v) is 8.84. The molecule has 0 saturated heterocycles. The van der Waals surface area contributed by atoms with Crippen molar-refractivity contribution >= 4 is 79.2 Å². The van der Waals surface area contributed by atoms with Crippen LogP contribution in [0.1, 0.15) is 10.4 Å². The Bertz CT molecular complexity index is 1550. The van der Waals surface area contributed by atoms with Gasteiger partial charge in [0.05, 0.1) is 39.4 Å². The average molecular weight is 598 g/mol. The number of ether oxygens (including phenoxy) is 1. The topological polar surface area (TPSA) is 85.9 Å². The van der Waals surface area contributed by atoms with E-state index in [1.165, 1.54) is 10.4 Å². The van der Waals surface area contributed by atoms with Crippen LogP contribution in [0.2, 0.25) is 0 Å². The molecule has 0 saturated carbocycles. The van der Waals surface area contributed by atoms with E-state index >= 15 is 0 Å². The van der Waals surface area contributed by atoms with Crippen LogP contribution in [-0.2, 0) is 17.8 Å². The largest absolute Gasteiger partial charge is 0.494 e. The molecule has 0 radical (unpaired) electrons. The minimum Gasteiger partial charge on any atom is -0.494 e. The van der Waals surface area contributed by atoms with Gasteiger partial charge in [-0.3, -0.25) is 4.79 Å². The highest BCUT2D eigenvalue weighted by Gasteiger charge is 2.23. The zero-order valence-electron chi connectivity index (χ0n) is 23.0. The first-order valence-electron chi connectivity index (χ1n) is 12.8. The molecule has 0 bridgehead atoms. The van der Waals surface area contributed by atoms with Gasteiger partial charge in [-0.15, -0.1) is 22.7 Å². The molecular weight excluding hydrogens is 566 g/mol. The Morgan fingerprint density at radius 2 is 1.95 bits per heavy atom. The van der Waals surface area contributed by atoms with E-state index in [-0.39, 0.29) is 5.03 Å². The first-order chi connectivity index (χ1) is 19.2. The van der Waals surface area contributed by atoms with Gasteiger partial charge < -0.3 is 30.1 Å². The lowest BCUT2D eigenvalue weighted by molar-refractivity contribution is -0.112. The second-order valence-corrected chi connectivity index (χ2v) is 12.2. The van der Waals surface area contributed by atoms with E-state index in [2.05, 4.69) is 43.4 Å². The van der Waals surface area contributed by atoms with E-state index < -0.39 is 5.91 Å². The maximum atomic E-state index is 12.5. The van der Waals surface area contributed by atoms with Crippen molar-refractivity contribution < 1.29 is 9.53 Å². The molecule has 210 valence electrons. The van der Waals surface area contributed by atoms with Gasteiger partial charge in [0, 0.05) is 44.2 Å². The van der Waals surface area contributed by atoms with E-state index in [1.54, 1.807) is 18.4 Å². The predicted molar refractivity (Wildman–Crippen MR) is 168 cm³/mol. The van der Waals surface area contributed by atoms with Crippen molar-refractivity contribution in [2.45, 2.75) is 13.0 Å². The number of rotatable bonds is 10. The highest BCUT2D eigenvalue weighted by Crippen LogP contribution is 2.39. The molecule has 0 atom stereocenters. The number of benzene rings is 1. The number of fused-ring (bicyclic) bond motifs is 2. The van der Waals surface area contributed by atoms with Crippen LogP contribution in [0.25, 0.3) is 10.2 Å². The number of carbonyl (C=O) groups excluding carboxylic acids is 1. The van der Waals surface area contributed by atoms with E-state index in [4.69, 9.17) is 26.3 Å². The predicted octanol–water partition coefficient (Wildman–Crippen LogP) is 5.76. The number of anilines is 5. The van der Waals surface area contributed by atoms with Crippen LogP contribution in [0.5, 0.6) is 5.75 Å². The number of halogens is 1. The Labute approximate surface area is 247 Å². The van der Waals surface area contributed by atoms with Crippen LogP contribution in [0.15, 0.2) is 46.6 Å². The summed E-state index contributed by atoms with van der Waals surface area (Å²) in [5, 5.41) is 10.3. The lowest BCUT2D eigenvalue weighted by atomic mass is 10.1. The Morgan fingerprint density at radius 1 is 1.15 bits per heavy atom. The number of hydrogen-bond donors (Lipinski definition) is 2. The molecule has 2 N–H and O–H groups in total. The number of amides is 1. The quantitative estimate of drug-likeness (QED) is 0.223. The monoisotopic (exact) mass is 597 g/mol. The summed E-state index contributed by atoms with van der Waals surface area (Å²) < 4.78 is 6.83. The van der Waals surface area contributed by atoms with Crippen molar-refractivity contribution in [2.75, 3.05) is 68.3 Å². The third-order valence-electron chi connectivity index (χ3n) is 6.75. The summed E-state index contributed by atoms with van der Waals surface area (Å²) in [5.74, 6) is 1.47. The van der Waals surface area contributed by atoms with Gasteiger partial charge in [0.1, 0.15) is 5.75 Å². The van der Waals surface area contributed by atoms with Crippen LogP contribution >= 0.6 is 34.3 Å². The molecule has 1 aliphatic heterocycles. The number of carbonyl (C=O) groups is 1. The third kappa shape index (κ3) is 6.02. The minimum absolute atomic E-state index is 0.0987. The molecule has 5 rings (SSSR count). The number of likely N-dealkylation sites (N-methyl/N-ethyl adjacent to an activating group) is 2. The number of nitrogens with one attached hydrogen (secondary N) is 2. The van der Waals surface area contributed by atoms with Crippen LogP contribution in [0, 0.1) is 0 Å². The zero-order chi connectivity index (χ0) is 28.4. The van der Waals surface area contributed by atoms with Crippen LogP contribution in [0.4, 0.5) is 28.8 Å². The molecular formula is C28H32ClN7O2S2. The van der Waals surface area contributed by atoms with Crippen molar-refractivity contribution in [3.63, 3.8) is 0 Å². The Kier molecular flexibility index (Phi) is 8.46. The SMILES string of the molecule is C=C(Cl)C(=O)Nc1cc(Nc2nc(N3CCc4sccc4C3)c3sccc3n2)c(OC)cc1N(C)CCN(C)C. The molecule has 0 spiro atoms. The van der Waals surface area contributed by atoms with Gasteiger partial charge in [-0.1, -0.05) is 18.2 Å². The summed E-state index contributed by atoms with van der Waals surface area (Å²) >= 11 is 9.37. The molecule has 0 fully saturated rings. The number of nitrogens with zero attached hydrogens (tertiary/aromatic N) is 5. The zero-order valence-corrected chi connectivity index (χ0v) is 25.3. The molecule has 0 aliphatic carbocycles. The highest BCUT2D eigenvalue weighted by atomic mass is 35.5. The summed E-state index contributed by atoms with van der Waals surface area (Å²) in [4.78, 5) is 30.2. The first kappa shape index (κ1) is 28.2. The van der Waals surface area contributed by atoms with Gasteiger partial charge in [0.2, 0.25) is 5.95 Å². The summed E-state index contributed by atoms with van der Waals surface area (Å²) in [5.41, 5.74) is 4.19. The maximum Gasteiger partial charge on any atom is 0.266 e.